The number of anilines is 1. The molecule has 7 heteroatoms. The summed E-state index contributed by atoms with van der Waals surface area (Å²) in [6, 6.07) is 4.11. The van der Waals surface area contributed by atoms with E-state index in [1.807, 2.05) is 24.4 Å². The Labute approximate surface area is 137 Å². The first-order valence-corrected chi connectivity index (χ1v) is 8.85. The molecule has 0 saturated heterocycles. The lowest BCUT2D eigenvalue weighted by molar-refractivity contribution is -0.134. The number of hydrogen-bond acceptors (Lipinski definition) is 5. The van der Waals surface area contributed by atoms with Gasteiger partial charge < -0.3 is 10.2 Å². The minimum atomic E-state index is -0.180. The van der Waals surface area contributed by atoms with E-state index in [4.69, 9.17) is 0 Å². The van der Waals surface area contributed by atoms with E-state index in [0.29, 0.717) is 11.6 Å². The molecule has 0 aliphatic heterocycles. The van der Waals surface area contributed by atoms with Crippen LogP contribution in [-0.4, -0.2) is 34.3 Å². The normalized spacial score (nSPS) is 13.9. The Hall–Kier alpha value is -1.73. The first kappa shape index (κ1) is 15.2. The Bertz CT molecular complexity index is 662. The summed E-state index contributed by atoms with van der Waals surface area (Å²) >= 11 is 3.00. The quantitative estimate of drug-likeness (QED) is 0.883. The monoisotopic (exact) mass is 335 g/mol. The summed E-state index contributed by atoms with van der Waals surface area (Å²) in [5.74, 6) is -0.156. The van der Waals surface area contributed by atoms with E-state index in [1.54, 1.807) is 22.4 Å². The van der Waals surface area contributed by atoms with Gasteiger partial charge >= 0.3 is 0 Å². The van der Waals surface area contributed by atoms with Crippen LogP contribution in [-0.2, 0) is 16.0 Å². The maximum absolute atomic E-state index is 12.4. The second-order valence-electron chi connectivity index (χ2n) is 5.33. The lowest BCUT2D eigenvalue weighted by Gasteiger charge is -2.21. The predicted molar refractivity (Wildman–Crippen MR) is 88.2 cm³/mol. The molecular formula is C15H17N3O2S2. The van der Waals surface area contributed by atoms with E-state index in [2.05, 4.69) is 10.3 Å². The van der Waals surface area contributed by atoms with Crippen molar-refractivity contribution < 1.29 is 9.59 Å². The van der Waals surface area contributed by atoms with E-state index >= 15 is 0 Å². The maximum Gasteiger partial charge on any atom is 0.245 e. The number of rotatable bonds is 6. The number of nitrogens with zero attached hydrogens (tertiary/aromatic N) is 2. The van der Waals surface area contributed by atoms with E-state index in [-0.39, 0.29) is 24.4 Å². The SMILES string of the molecule is Cc1cnc(NC(=O)CN(C(=O)Cc2cccs2)C2CC2)s1. The number of carbonyl (C=O) groups is 2. The van der Waals surface area contributed by atoms with Gasteiger partial charge in [-0.1, -0.05) is 6.07 Å². The van der Waals surface area contributed by atoms with Gasteiger partial charge in [-0.3, -0.25) is 9.59 Å². The van der Waals surface area contributed by atoms with E-state index in [0.717, 1.165) is 22.6 Å². The molecule has 0 aromatic carbocycles. The summed E-state index contributed by atoms with van der Waals surface area (Å²) in [5, 5.41) is 5.31. The third-order valence-electron chi connectivity index (χ3n) is 3.40. The van der Waals surface area contributed by atoms with Crippen LogP contribution in [0.3, 0.4) is 0 Å². The first-order chi connectivity index (χ1) is 10.6. The molecule has 1 saturated carbocycles. The van der Waals surface area contributed by atoms with Crippen molar-refractivity contribution in [2.24, 2.45) is 0 Å². The van der Waals surface area contributed by atoms with Crippen LogP contribution in [0.5, 0.6) is 0 Å². The van der Waals surface area contributed by atoms with Gasteiger partial charge in [0.1, 0.15) is 6.54 Å². The van der Waals surface area contributed by atoms with Gasteiger partial charge in [-0.25, -0.2) is 4.98 Å². The Kier molecular flexibility index (Phi) is 4.54. The molecule has 1 aliphatic rings. The molecule has 0 radical (unpaired) electrons. The van der Waals surface area contributed by atoms with Crippen molar-refractivity contribution in [3.05, 3.63) is 33.5 Å². The molecule has 1 N–H and O–H groups in total. The van der Waals surface area contributed by atoms with Crippen LogP contribution in [0, 0.1) is 6.92 Å². The van der Waals surface area contributed by atoms with E-state index in [9.17, 15) is 9.59 Å². The van der Waals surface area contributed by atoms with Crippen molar-refractivity contribution in [1.82, 2.24) is 9.88 Å². The summed E-state index contributed by atoms with van der Waals surface area (Å²) < 4.78 is 0. The van der Waals surface area contributed by atoms with Gasteiger partial charge in [-0.2, -0.15) is 0 Å². The van der Waals surface area contributed by atoms with Crippen LogP contribution < -0.4 is 5.32 Å². The number of hydrogen-bond donors (Lipinski definition) is 1. The molecule has 0 bridgehead atoms. The molecule has 2 aromatic rings. The average Bonchev–Trinajstić information content (AvgIpc) is 3.04. The smallest absolute Gasteiger partial charge is 0.245 e. The molecule has 22 heavy (non-hydrogen) atoms. The lowest BCUT2D eigenvalue weighted by Crippen LogP contribution is -2.40. The molecule has 116 valence electrons. The highest BCUT2D eigenvalue weighted by Crippen LogP contribution is 2.28. The molecule has 2 heterocycles. The van der Waals surface area contributed by atoms with Gasteiger partial charge in [0.25, 0.3) is 0 Å². The highest BCUT2D eigenvalue weighted by Gasteiger charge is 2.33. The Morgan fingerprint density at radius 2 is 2.27 bits per heavy atom. The van der Waals surface area contributed by atoms with Crippen LogP contribution in [0.1, 0.15) is 22.6 Å². The fourth-order valence-corrected chi connectivity index (χ4v) is 3.57. The second kappa shape index (κ2) is 6.58. The highest BCUT2D eigenvalue weighted by molar-refractivity contribution is 7.15. The lowest BCUT2D eigenvalue weighted by atomic mass is 10.3. The molecule has 1 fully saturated rings. The molecule has 0 spiro atoms. The van der Waals surface area contributed by atoms with Crippen LogP contribution in [0.4, 0.5) is 5.13 Å². The van der Waals surface area contributed by atoms with Gasteiger partial charge in [0, 0.05) is 22.0 Å². The minimum absolute atomic E-state index is 0.0235. The number of thiophene rings is 1. The van der Waals surface area contributed by atoms with Crippen LogP contribution in [0.2, 0.25) is 0 Å². The third kappa shape index (κ3) is 3.92. The van der Waals surface area contributed by atoms with Crippen molar-refractivity contribution in [3.8, 4) is 0 Å². The van der Waals surface area contributed by atoms with Gasteiger partial charge in [0.05, 0.1) is 6.42 Å². The van der Waals surface area contributed by atoms with Gasteiger partial charge in [0.15, 0.2) is 5.13 Å². The standard InChI is InChI=1S/C15H17N3O2S2/c1-10-8-16-15(22-10)17-13(19)9-18(11-4-5-11)14(20)7-12-3-2-6-21-12/h2-3,6,8,11H,4-5,7,9H2,1H3,(H,16,17,19). The average molecular weight is 335 g/mol. The maximum atomic E-state index is 12.4. The number of nitrogens with one attached hydrogen (secondary N) is 1. The summed E-state index contributed by atoms with van der Waals surface area (Å²) in [6.45, 7) is 2.04. The summed E-state index contributed by atoms with van der Waals surface area (Å²) in [7, 11) is 0. The third-order valence-corrected chi connectivity index (χ3v) is 5.10. The molecule has 0 atom stereocenters. The van der Waals surface area contributed by atoms with E-state index < -0.39 is 0 Å². The van der Waals surface area contributed by atoms with E-state index in [1.165, 1.54) is 11.3 Å². The van der Waals surface area contributed by atoms with Crippen LogP contribution >= 0.6 is 22.7 Å². The topological polar surface area (TPSA) is 62.3 Å². The van der Waals surface area contributed by atoms with Crippen molar-refractivity contribution in [2.75, 3.05) is 11.9 Å². The minimum Gasteiger partial charge on any atom is -0.330 e. The molecule has 2 aromatic heterocycles. The molecule has 1 aliphatic carbocycles. The second-order valence-corrected chi connectivity index (χ2v) is 7.60. The molecule has 3 rings (SSSR count). The molecule has 2 amide bonds. The van der Waals surface area contributed by atoms with Gasteiger partial charge in [-0.15, -0.1) is 22.7 Å². The Balaban J connectivity index is 1.59. The number of thiazole rings is 1. The number of aromatic nitrogens is 1. The number of amides is 2. The van der Waals surface area contributed by atoms with Gasteiger partial charge in [0.2, 0.25) is 11.8 Å². The van der Waals surface area contributed by atoms with Crippen molar-refractivity contribution in [3.63, 3.8) is 0 Å². The first-order valence-electron chi connectivity index (χ1n) is 7.16. The Morgan fingerprint density at radius 3 is 2.86 bits per heavy atom. The van der Waals surface area contributed by atoms with Crippen LogP contribution in [0.15, 0.2) is 23.7 Å². The van der Waals surface area contributed by atoms with Gasteiger partial charge in [-0.05, 0) is 31.2 Å². The zero-order chi connectivity index (χ0) is 15.5. The molecule has 0 unspecified atom stereocenters. The highest BCUT2D eigenvalue weighted by atomic mass is 32.1. The molecular weight excluding hydrogens is 318 g/mol. The number of aryl methyl sites for hydroxylation is 1. The summed E-state index contributed by atoms with van der Waals surface area (Å²) in [4.78, 5) is 32.5. The zero-order valence-electron chi connectivity index (χ0n) is 12.2. The summed E-state index contributed by atoms with van der Waals surface area (Å²) in [5.41, 5.74) is 0. The van der Waals surface area contributed by atoms with Crippen molar-refractivity contribution >= 4 is 39.6 Å². The zero-order valence-corrected chi connectivity index (χ0v) is 13.9. The number of carbonyl (C=O) groups excluding carboxylic acids is 2. The van der Waals surface area contributed by atoms with Crippen molar-refractivity contribution in [1.29, 1.82) is 0 Å². The fraction of sp³-hybridized carbons (Fsp3) is 0.400. The predicted octanol–water partition coefficient (Wildman–Crippen LogP) is 2.69. The summed E-state index contributed by atoms with van der Waals surface area (Å²) in [6.07, 6.45) is 4.07. The Morgan fingerprint density at radius 1 is 1.45 bits per heavy atom. The fourth-order valence-electron chi connectivity index (χ4n) is 2.20. The van der Waals surface area contributed by atoms with Crippen LogP contribution in [0.25, 0.3) is 0 Å². The molecule has 5 nitrogen and oxygen atoms in total. The van der Waals surface area contributed by atoms with Crippen molar-refractivity contribution in [2.45, 2.75) is 32.2 Å². The largest absolute Gasteiger partial charge is 0.330 e.